The van der Waals surface area contributed by atoms with Gasteiger partial charge in [-0.05, 0) is 36.4 Å². The Morgan fingerprint density at radius 1 is 0.893 bits per heavy atom. The third kappa shape index (κ3) is 3.83. The second kappa shape index (κ2) is 7.62. The maximum Gasteiger partial charge on any atom is 0.338 e. The van der Waals surface area contributed by atoms with E-state index in [0.29, 0.717) is 5.69 Å². The molecule has 0 fully saturated rings. The van der Waals surface area contributed by atoms with Gasteiger partial charge >= 0.3 is 5.97 Å². The van der Waals surface area contributed by atoms with E-state index in [-0.39, 0.29) is 16.8 Å². The standard InChI is InChI=1S/C19H12N2O7/c22-16(12-1-7-15(8-2-12)21(26)27)11-28-19(25)13-3-5-14(6-4-13)20-17(23)9-10-18(20)24/h1-10H,11H2. The first-order valence-corrected chi connectivity index (χ1v) is 7.98. The van der Waals surface area contributed by atoms with E-state index in [1.807, 2.05) is 0 Å². The van der Waals surface area contributed by atoms with Gasteiger partial charge in [0.1, 0.15) is 0 Å². The molecule has 9 nitrogen and oxygen atoms in total. The molecule has 0 bridgehead atoms. The number of nitrogens with zero attached hydrogens (tertiary/aromatic N) is 2. The molecule has 1 aliphatic rings. The molecule has 1 heterocycles. The van der Waals surface area contributed by atoms with Crippen LogP contribution in [0.3, 0.4) is 0 Å². The van der Waals surface area contributed by atoms with Gasteiger partial charge in [-0.15, -0.1) is 0 Å². The van der Waals surface area contributed by atoms with Crippen molar-refractivity contribution in [2.45, 2.75) is 0 Å². The Morgan fingerprint density at radius 3 is 1.96 bits per heavy atom. The highest BCUT2D eigenvalue weighted by Gasteiger charge is 2.25. The number of hydrogen-bond donors (Lipinski definition) is 0. The Kier molecular flexibility index (Phi) is 5.07. The molecule has 3 rings (SSSR count). The van der Waals surface area contributed by atoms with Crippen LogP contribution in [0.2, 0.25) is 0 Å². The molecule has 0 saturated carbocycles. The molecule has 2 amide bonds. The minimum atomic E-state index is -0.765. The largest absolute Gasteiger partial charge is 0.454 e. The smallest absolute Gasteiger partial charge is 0.338 e. The predicted octanol–water partition coefficient (Wildman–Crippen LogP) is 2.06. The molecule has 0 radical (unpaired) electrons. The van der Waals surface area contributed by atoms with Crippen molar-refractivity contribution < 1.29 is 28.8 Å². The quantitative estimate of drug-likeness (QED) is 0.247. The number of anilines is 1. The molecule has 9 heteroatoms. The molecule has 0 atom stereocenters. The van der Waals surface area contributed by atoms with E-state index in [2.05, 4.69) is 0 Å². The maximum absolute atomic E-state index is 12.1. The number of Topliss-reactive ketones (excluding diaryl/α,β-unsaturated/α-hetero) is 1. The highest BCUT2D eigenvalue weighted by molar-refractivity contribution is 6.28. The molecule has 0 saturated heterocycles. The van der Waals surface area contributed by atoms with E-state index in [4.69, 9.17) is 4.74 Å². The van der Waals surface area contributed by atoms with E-state index in [1.54, 1.807) is 0 Å². The van der Waals surface area contributed by atoms with Crippen molar-refractivity contribution in [3.05, 3.63) is 81.9 Å². The summed E-state index contributed by atoms with van der Waals surface area (Å²) in [4.78, 5) is 58.3. The lowest BCUT2D eigenvalue weighted by atomic mass is 10.1. The summed E-state index contributed by atoms with van der Waals surface area (Å²) in [7, 11) is 0. The number of ether oxygens (including phenoxy) is 1. The van der Waals surface area contributed by atoms with Gasteiger partial charge in [0.2, 0.25) is 0 Å². The van der Waals surface area contributed by atoms with Crippen LogP contribution in [-0.2, 0) is 14.3 Å². The van der Waals surface area contributed by atoms with Gasteiger partial charge in [0.15, 0.2) is 12.4 Å². The topological polar surface area (TPSA) is 124 Å². The fraction of sp³-hybridized carbons (Fsp3) is 0.0526. The lowest BCUT2D eigenvalue weighted by molar-refractivity contribution is -0.384. The van der Waals surface area contributed by atoms with Gasteiger partial charge in [-0.2, -0.15) is 0 Å². The van der Waals surface area contributed by atoms with Gasteiger partial charge in [-0.3, -0.25) is 24.5 Å². The molecule has 2 aromatic carbocycles. The first-order chi connectivity index (χ1) is 13.4. The average Bonchev–Trinajstić information content (AvgIpc) is 3.04. The fourth-order valence-corrected chi connectivity index (χ4v) is 2.47. The summed E-state index contributed by atoms with van der Waals surface area (Å²) in [6.45, 7) is -0.536. The van der Waals surface area contributed by atoms with Crippen molar-refractivity contribution in [1.29, 1.82) is 0 Å². The second-order valence-electron chi connectivity index (χ2n) is 5.70. The Morgan fingerprint density at radius 2 is 1.43 bits per heavy atom. The number of imide groups is 1. The number of carbonyl (C=O) groups is 4. The summed E-state index contributed by atoms with van der Waals surface area (Å²) in [6.07, 6.45) is 2.29. The third-order valence-corrected chi connectivity index (χ3v) is 3.90. The molecular formula is C19H12N2O7. The zero-order valence-corrected chi connectivity index (χ0v) is 14.2. The van der Waals surface area contributed by atoms with Crippen molar-refractivity contribution in [3.63, 3.8) is 0 Å². The van der Waals surface area contributed by atoms with Crippen molar-refractivity contribution in [3.8, 4) is 0 Å². The number of amides is 2. The van der Waals surface area contributed by atoms with Crippen molar-refractivity contribution in [2.24, 2.45) is 0 Å². The third-order valence-electron chi connectivity index (χ3n) is 3.90. The number of nitro benzene ring substituents is 1. The SMILES string of the molecule is O=C(COC(=O)c1ccc(N2C(=O)C=CC2=O)cc1)c1ccc([N+](=O)[O-])cc1. The predicted molar refractivity (Wildman–Crippen MR) is 95.8 cm³/mol. The van der Waals surface area contributed by atoms with Gasteiger partial charge in [0, 0.05) is 29.8 Å². The number of ketones is 1. The molecule has 0 aromatic heterocycles. The summed E-state index contributed by atoms with van der Waals surface area (Å²) < 4.78 is 4.95. The van der Waals surface area contributed by atoms with Crippen LogP contribution in [0.1, 0.15) is 20.7 Å². The first kappa shape index (κ1) is 18.6. The number of rotatable bonds is 6. The molecule has 0 N–H and O–H groups in total. The van der Waals surface area contributed by atoms with Gasteiger partial charge in [0.05, 0.1) is 16.2 Å². The van der Waals surface area contributed by atoms with Crippen molar-refractivity contribution in [2.75, 3.05) is 11.5 Å². The number of esters is 1. The summed E-state index contributed by atoms with van der Waals surface area (Å²) in [5.41, 5.74) is 0.455. The van der Waals surface area contributed by atoms with E-state index in [9.17, 15) is 29.3 Å². The van der Waals surface area contributed by atoms with Gasteiger partial charge in [-0.25, -0.2) is 9.69 Å². The van der Waals surface area contributed by atoms with Crippen molar-refractivity contribution in [1.82, 2.24) is 0 Å². The zero-order valence-electron chi connectivity index (χ0n) is 14.2. The van der Waals surface area contributed by atoms with E-state index >= 15 is 0 Å². The Labute approximate surface area is 158 Å². The lowest BCUT2D eigenvalue weighted by Gasteiger charge is -2.13. The molecule has 0 spiro atoms. The monoisotopic (exact) mass is 380 g/mol. The fourth-order valence-electron chi connectivity index (χ4n) is 2.47. The number of carbonyl (C=O) groups excluding carboxylic acids is 4. The van der Waals surface area contributed by atoms with Gasteiger partial charge in [0.25, 0.3) is 17.5 Å². The van der Waals surface area contributed by atoms with Crippen LogP contribution in [0.4, 0.5) is 11.4 Å². The van der Waals surface area contributed by atoms with Crippen LogP contribution < -0.4 is 4.90 Å². The lowest BCUT2D eigenvalue weighted by Crippen LogP contribution is -2.29. The first-order valence-electron chi connectivity index (χ1n) is 7.98. The maximum atomic E-state index is 12.1. The van der Waals surface area contributed by atoms with E-state index in [0.717, 1.165) is 17.1 Å². The molecule has 1 aliphatic heterocycles. The minimum Gasteiger partial charge on any atom is -0.454 e. The molecule has 0 unspecified atom stereocenters. The number of benzene rings is 2. The highest BCUT2D eigenvalue weighted by atomic mass is 16.6. The summed E-state index contributed by atoms with van der Waals surface area (Å²) in [5, 5.41) is 10.6. The van der Waals surface area contributed by atoms with Crippen molar-refractivity contribution >= 4 is 34.9 Å². The van der Waals surface area contributed by atoms with Crippen LogP contribution in [-0.4, -0.2) is 35.1 Å². The van der Waals surface area contributed by atoms with Crippen LogP contribution in [0, 0.1) is 10.1 Å². The minimum absolute atomic E-state index is 0.132. The molecule has 28 heavy (non-hydrogen) atoms. The van der Waals surface area contributed by atoms with E-state index in [1.165, 1.54) is 48.5 Å². The summed E-state index contributed by atoms with van der Waals surface area (Å²) >= 11 is 0. The van der Waals surface area contributed by atoms with Crippen LogP contribution in [0.5, 0.6) is 0 Å². The Bertz CT molecular complexity index is 990. The van der Waals surface area contributed by atoms with Gasteiger partial charge in [-0.1, -0.05) is 0 Å². The highest BCUT2D eigenvalue weighted by Crippen LogP contribution is 2.20. The normalized spacial score (nSPS) is 12.9. The van der Waals surface area contributed by atoms with Crippen LogP contribution in [0.15, 0.2) is 60.7 Å². The summed E-state index contributed by atoms with van der Waals surface area (Å²) in [6, 6.07) is 10.5. The Hall–Kier alpha value is -4.14. The molecule has 2 aromatic rings. The van der Waals surface area contributed by atoms with E-state index < -0.39 is 35.1 Å². The zero-order chi connectivity index (χ0) is 20.3. The molecule has 0 aliphatic carbocycles. The molecular weight excluding hydrogens is 368 g/mol. The number of hydrogen-bond acceptors (Lipinski definition) is 7. The number of non-ortho nitro benzene ring substituents is 1. The molecule has 140 valence electrons. The number of nitro groups is 1. The average molecular weight is 380 g/mol. The Balaban J connectivity index is 1.60. The van der Waals surface area contributed by atoms with Crippen LogP contribution in [0.25, 0.3) is 0 Å². The van der Waals surface area contributed by atoms with Crippen LogP contribution >= 0.6 is 0 Å². The summed E-state index contributed by atoms with van der Waals surface area (Å²) in [5.74, 6) is -2.23. The second-order valence-corrected chi connectivity index (χ2v) is 5.70. The van der Waals surface area contributed by atoms with Gasteiger partial charge < -0.3 is 4.74 Å².